The number of aromatic nitrogens is 3. The van der Waals surface area contributed by atoms with Crippen LogP contribution in [0.3, 0.4) is 0 Å². The molecule has 1 saturated heterocycles. The van der Waals surface area contributed by atoms with Gasteiger partial charge in [0.1, 0.15) is 11.4 Å². The van der Waals surface area contributed by atoms with Gasteiger partial charge in [0.2, 0.25) is 0 Å². The van der Waals surface area contributed by atoms with Crippen LogP contribution in [-0.4, -0.2) is 52.1 Å². The van der Waals surface area contributed by atoms with Gasteiger partial charge in [0.05, 0.1) is 18.1 Å². The number of piperidine rings is 1. The van der Waals surface area contributed by atoms with Gasteiger partial charge >= 0.3 is 0 Å². The molecular formula is C18H25N5O2. The van der Waals surface area contributed by atoms with Gasteiger partial charge in [0, 0.05) is 24.6 Å². The number of hydrogen-bond donors (Lipinski definition) is 1. The van der Waals surface area contributed by atoms with Crippen LogP contribution in [0.2, 0.25) is 0 Å². The van der Waals surface area contributed by atoms with Crippen molar-refractivity contribution in [1.82, 2.24) is 25.3 Å². The van der Waals surface area contributed by atoms with E-state index in [1.807, 2.05) is 13.1 Å². The molecule has 0 aromatic carbocycles. The largest absolute Gasteiger partial charge is 0.354 e. The number of nitrogens with one attached hydrogen (secondary N) is 1. The molecule has 0 saturated carbocycles. The van der Waals surface area contributed by atoms with Crippen LogP contribution < -0.4 is 5.32 Å². The predicted octanol–water partition coefficient (Wildman–Crippen LogP) is 2.25. The molecule has 1 fully saturated rings. The molecular weight excluding hydrogens is 318 g/mol. The average Bonchev–Trinajstić information content (AvgIpc) is 3.12. The van der Waals surface area contributed by atoms with Crippen molar-refractivity contribution in [2.24, 2.45) is 0 Å². The second-order valence-corrected chi connectivity index (χ2v) is 7.51. The maximum atomic E-state index is 12.6. The molecule has 3 rings (SSSR count). The van der Waals surface area contributed by atoms with E-state index in [-0.39, 0.29) is 17.4 Å². The summed E-state index contributed by atoms with van der Waals surface area (Å²) < 4.78 is 5.37. The average molecular weight is 343 g/mol. The van der Waals surface area contributed by atoms with Crippen LogP contribution in [0.1, 0.15) is 49.8 Å². The first-order chi connectivity index (χ1) is 11.9. The summed E-state index contributed by atoms with van der Waals surface area (Å²) in [6.07, 6.45) is 4.99. The Labute approximate surface area is 147 Å². The highest BCUT2D eigenvalue weighted by molar-refractivity contribution is 5.92. The van der Waals surface area contributed by atoms with Crippen molar-refractivity contribution in [3.8, 4) is 11.5 Å². The SMILES string of the molecule is CN(C(=O)c1cnc(-c2cc(C(C)(C)C)no2)cn1)C1CCNCC1. The molecule has 0 atom stereocenters. The van der Waals surface area contributed by atoms with E-state index in [0.29, 0.717) is 17.1 Å². The topological polar surface area (TPSA) is 84.2 Å². The van der Waals surface area contributed by atoms with E-state index in [4.69, 9.17) is 4.52 Å². The summed E-state index contributed by atoms with van der Waals surface area (Å²) in [5.41, 5.74) is 1.68. The van der Waals surface area contributed by atoms with E-state index in [1.54, 1.807) is 11.1 Å². The van der Waals surface area contributed by atoms with Crippen LogP contribution in [0.5, 0.6) is 0 Å². The first kappa shape index (κ1) is 17.5. The van der Waals surface area contributed by atoms with Gasteiger partial charge in [0.15, 0.2) is 5.76 Å². The molecule has 25 heavy (non-hydrogen) atoms. The van der Waals surface area contributed by atoms with E-state index in [9.17, 15) is 4.79 Å². The van der Waals surface area contributed by atoms with Gasteiger partial charge in [-0.05, 0) is 25.9 Å². The fraction of sp³-hybridized carbons (Fsp3) is 0.556. The van der Waals surface area contributed by atoms with Crippen molar-refractivity contribution in [2.75, 3.05) is 20.1 Å². The first-order valence-electron chi connectivity index (χ1n) is 8.64. The molecule has 1 aliphatic rings. The molecule has 2 aromatic heterocycles. The summed E-state index contributed by atoms with van der Waals surface area (Å²) in [6, 6.07) is 2.12. The lowest BCUT2D eigenvalue weighted by atomic mass is 9.92. The summed E-state index contributed by atoms with van der Waals surface area (Å²) >= 11 is 0. The van der Waals surface area contributed by atoms with Gasteiger partial charge in [-0.15, -0.1) is 0 Å². The quantitative estimate of drug-likeness (QED) is 0.920. The van der Waals surface area contributed by atoms with Gasteiger partial charge in [-0.3, -0.25) is 4.79 Å². The summed E-state index contributed by atoms with van der Waals surface area (Å²) in [4.78, 5) is 23.0. The van der Waals surface area contributed by atoms with E-state index < -0.39 is 0 Å². The van der Waals surface area contributed by atoms with Gasteiger partial charge in [-0.1, -0.05) is 25.9 Å². The minimum atomic E-state index is -0.0982. The number of amides is 1. The van der Waals surface area contributed by atoms with E-state index in [1.165, 1.54) is 6.20 Å². The van der Waals surface area contributed by atoms with Crippen LogP contribution in [0.15, 0.2) is 23.0 Å². The third kappa shape index (κ3) is 3.87. The van der Waals surface area contributed by atoms with Gasteiger partial charge in [0.25, 0.3) is 5.91 Å². The molecule has 0 unspecified atom stereocenters. The molecule has 2 aromatic rings. The van der Waals surface area contributed by atoms with Crippen LogP contribution >= 0.6 is 0 Å². The summed E-state index contributed by atoms with van der Waals surface area (Å²) in [5, 5.41) is 7.39. The van der Waals surface area contributed by atoms with E-state index in [2.05, 4.69) is 41.2 Å². The van der Waals surface area contributed by atoms with E-state index >= 15 is 0 Å². The Morgan fingerprint density at radius 2 is 1.96 bits per heavy atom. The smallest absolute Gasteiger partial charge is 0.274 e. The molecule has 1 aliphatic heterocycles. The number of nitrogens with zero attached hydrogens (tertiary/aromatic N) is 4. The number of carbonyl (C=O) groups excluding carboxylic acids is 1. The summed E-state index contributed by atoms with van der Waals surface area (Å²) in [6.45, 7) is 8.08. The van der Waals surface area contributed by atoms with Crippen LogP contribution in [0, 0.1) is 0 Å². The van der Waals surface area contributed by atoms with Crippen molar-refractivity contribution >= 4 is 5.91 Å². The molecule has 0 spiro atoms. The maximum Gasteiger partial charge on any atom is 0.274 e. The van der Waals surface area contributed by atoms with Gasteiger partial charge in [-0.2, -0.15) is 0 Å². The lowest BCUT2D eigenvalue weighted by molar-refractivity contribution is 0.0697. The van der Waals surface area contributed by atoms with Crippen molar-refractivity contribution < 1.29 is 9.32 Å². The first-order valence-corrected chi connectivity index (χ1v) is 8.64. The van der Waals surface area contributed by atoms with Crippen LogP contribution in [0.25, 0.3) is 11.5 Å². The monoisotopic (exact) mass is 343 g/mol. The number of hydrogen-bond acceptors (Lipinski definition) is 6. The van der Waals surface area contributed by atoms with Crippen LogP contribution in [-0.2, 0) is 5.41 Å². The zero-order valence-electron chi connectivity index (χ0n) is 15.2. The Kier molecular flexibility index (Phi) is 4.85. The second kappa shape index (κ2) is 6.92. The summed E-state index contributed by atoms with van der Waals surface area (Å²) in [7, 11) is 1.83. The minimum absolute atomic E-state index is 0.0946. The highest BCUT2D eigenvalue weighted by atomic mass is 16.5. The zero-order valence-corrected chi connectivity index (χ0v) is 15.2. The predicted molar refractivity (Wildman–Crippen MR) is 94.2 cm³/mol. The zero-order chi connectivity index (χ0) is 18.0. The molecule has 134 valence electrons. The lowest BCUT2D eigenvalue weighted by Gasteiger charge is -2.31. The molecule has 0 bridgehead atoms. The minimum Gasteiger partial charge on any atom is -0.354 e. The standard InChI is InChI=1S/C18H25N5O2/c1-18(2,3)16-9-15(25-22-16)13-10-21-14(11-20-13)17(24)23(4)12-5-7-19-8-6-12/h9-12,19H,5-8H2,1-4H3. The molecule has 7 nitrogen and oxygen atoms in total. The summed E-state index contributed by atoms with van der Waals surface area (Å²) in [5.74, 6) is 0.460. The van der Waals surface area contributed by atoms with E-state index in [0.717, 1.165) is 31.6 Å². The Hall–Kier alpha value is -2.28. The normalized spacial score (nSPS) is 16.0. The Morgan fingerprint density at radius 3 is 2.52 bits per heavy atom. The number of rotatable bonds is 3. The lowest BCUT2D eigenvalue weighted by Crippen LogP contribution is -2.44. The van der Waals surface area contributed by atoms with Gasteiger partial charge < -0.3 is 14.7 Å². The molecule has 3 heterocycles. The van der Waals surface area contributed by atoms with Crippen LogP contribution in [0.4, 0.5) is 0 Å². The fourth-order valence-corrected chi connectivity index (χ4v) is 2.86. The third-order valence-electron chi connectivity index (χ3n) is 4.58. The Bertz CT molecular complexity index is 727. The third-order valence-corrected chi connectivity index (χ3v) is 4.58. The van der Waals surface area contributed by atoms with Crippen molar-refractivity contribution in [3.05, 3.63) is 29.8 Å². The molecule has 0 radical (unpaired) electrons. The van der Waals surface area contributed by atoms with Crippen molar-refractivity contribution in [3.63, 3.8) is 0 Å². The molecule has 7 heteroatoms. The molecule has 1 N–H and O–H groups in total. The number of carbonyl (C=O) groups is 1. The molecule has 0 aliphatic carbocycles. The maximum absolute atomic E-state index is 12.6. The van der Waals surface area contributed by atoms with Crippen molar-refractivity contribution in [1.29, 1.82) is 0 Å². The highest BCUT2D eigenvalue weighted by Crippen LogP contribution is 2.25. The molecule has 1 amide bonds. The van der Waals surface area contributed by atoms with Gasteiger partial charge in [-0.25, -0.2) is 9.97 Å². The van der Waals surface area contributed by atoms with Crippen molar-refractivity contribution in [2.45, 2.75) is 45.1 Å². The fourth-order valence-electron chi connectivity index (χ4n) is 2.86. The Balaban J connectivity index is 1.73. The highest BCUT2D eigenvalue weighted by Gasteiger charge is 2.24. The Morgan fingerprint density at radius 1 is 1.24 bits per heavy atom. The second-order valence-electron chi connectivity index (χ2n) is 7.51.